The van der Waals surface area contributed by atoms with Crippen LogP contribution in [-0.4, -0.2) is 24.2 Å². The molecule has 2 aromatic rings. The Morgan fingerprint density at radius 2 is 1.67 bits per heavy atom. The first-order valence-corrected chi connectivity index (χ1v) is 6.88. The number of hydrogen-bond donors (Lipinski definition) is 2. The summed E-state index contributed by atoms with van der Waals surface area (Å²) < 4.78 is 5.10. The number of rotatable bonds is 8. The molecule has 0 heterocycles. The van der Waals surface area contributed by atoms with Crippen LogP contribution in [0.25, 0.3) is 0 Å². The van der Waals surface area contributed by atoms with Crippen molar-refractivity contribution >= 4 is 6.47 Å². The van der Waals surface area contributed by atoms with E-state index >= 15 is 0 Å². The van der Waals surface area contributed by atoms with Crippen molar-refractivity contribution in [3.63, 3.8) is 0 Å². The highest BCUT2D eigenvalue weighted by Gasteiger charge is 2.17. The maximum Gasteiger partial charge on any atom is 0.294 e. The van der Waals surface area contributed by atoms with E-state index in [9.17, 15) is 9.90 Å². The third kappa shape index (κ3) is 4.70. The van der Waals surface area contributed by atoms with E-state index in [0.29, 0.717) is 12.9 Å². The highest BCUT2D eigenvalue weighted by Crippen LogP contribution is 2.15. The van der Waals surface area contributed by atoms with Crippen LogP contribution in [0, 0.1) is 0 Å². The molecule has 0 spiro atoms. The van der Waals surface area contributed by atoms with Crippen molar-refractivity contribution in [2.75, 3.05) is 6.61 Å². The molecular formula is C17H19NO3. The molecule has 2 aromatic carbocycles. The standard InChI is InChI=1S/C17H19NO3/c19-12-16(11-14-7-3-1-4-8-14)18-17(21-13-20)15-9-5-2-6-10-15/h1-10,13,16-19H,11-12H2/t16-,17?/m0/s1. The molecule has 0 amide bonds. The third-order valence-corrected chi connectivity index (χ3v) is 3.23. The van der Waals surface area contributed by atoms with Crippen LogP contribution >= 0.6 is 0 Å². The van der Waals surface area contributed by atoms with E-state index in [1.165, 1.54) is 0 Å². The molecule has 4 nitrogen and oxygen atoms in total. The molecule has 1 unspecified atom stereocenters. The Balaban J connectivity index is 2.05. The second kappa shape index (κ2) is 8.19. The van der Waals surface area contributed by atoms with Gasteiger partial charge in [-0.1, -0.05) is 60.7 Å². The summed E-state index contributed by atoms with van der Waals surface area (Å²) >= 11 is 0. The molecule has 0 aliphatic rings. The van der Waals surface area contributed by atoms with Crippen LogP contribution in [0.5, 0.6) is 0 Å². The normalized spacial score (nSPS) is 13.4. The Morgan fingerprint density at radius 1 is 1.05 bits per heavy atom. The number of aliphatic hydroxyl groups excluding tert-OH is 1. The molecule has 0 radical (unpaired) electrons. The summed E-state index contributed by atoms with van der Waals surface area (Å²) in [6.07, 6.45) is 0.0904. The Kier molecular flexibility index (Phi) is 5.94. The highest BCUT2D eigenvalue weighted by molar-refractivity contribution is 5.38. The molecule has 2 atom stereocenters. The zero-order valence-corrected chi connectivity index (χ0v) is 11.7. The fourth-order valence-corrected chi connectivity index (χ4v) is 2.19. The topological polar surface area (TPSA) is 58.6 Å². The molecule has 0 aliphatic heterocycles. The molecule has 0 bridgehead atoms. The van der Waals surface area contributed by atoms with Gasteiger partial charge in [0.05, 0.1) is 6.61 Å². The van der Waals surface area contributed by atoms with Crippen molar-refractivity contribution in [2.24, 2.45) is 0 Å². The first-order chi connectivity index (χ1) is 10.3. The van der Waals surface area contributed by atoms with E-state index in [1.54, 1.807) is 0 Å². The van der Waals surface area contributed by atoms with Crippen molar-refractivity contribution < 1.29 is 14.6 Å². The first-order valence-electron chi connectivity index (χ1n) is 6.88. The van der Waals surface area contributed by atoms with E-state index in [4.69, 9.17) is 4.74 Å². The van der Waals surface area contributed by atoms with E-state index in [1.807, 2.05) is 60.7 Å². The molecule has 0 saturated carbocycles. The maximum absolute atomic E-state index is 10.7. The zero-order valence-electron chi connectivity index (χ0n) is 11.7. The number of carbonyl (C=O) groups is 1. The minimum Gasteiger partial charge on any atom is -0.444 e. The van der Waals surface area contributed by atoms with E-state index in [0.717, 1.165) is 11.1 Å². The number of nitrogens with one attached hydrogen (secondary N) is 1. The van der Waals surface area contributed by atoms with Crippen LogP contribution in [0.3, 0.4) is 0 Å². The van der Waals surface area contributed by atoms with Crippen LogP contribution in [-0.2, 0) is 16.0 Å². The summed E-state index contributed by atoms with van der Waals surface area (Å²) in [5, 5.41) is 12.7. The van der Waals surface area contributed by atoms with Crippen LogP contribution in [0.2, 0.25) is 0 Å². The van der Waals surface area contributed by atoms with E-state index in [-0.39, 0.29) is 12.6 Å². The Hall–Kier alpha value is -2.17. The van der Waals surface area contributed by atoms with Gasteiger partial charge in [-0.3, -0.25) is 10.1 Å². The predicted octanol–water partition coefficient (Wildman–Crippen LogP) is 2.05. The van der Waals surface area contributed by atoms with Gasteiger partial charge in [-0.25, -0.2) is 0 Å². The lowest BCUT2D eigenvalue weighted by molar-refractivity contribution is -0.136. The lowest BCUT2D eigenvalue weighted by atomic mass is 10.1. The minimum absolute atomic E-state index is 0.0412. The molecule has 2 rings (SSSR count). The summed E-state index contributed by atoms with van der Waals surface area (Å²) in [5.41, 5.74) is 1.96. The summed E-state index contributed by atoms with van der Waals surface area (Å²) in [6.45, 7) is 0.377. The average molecular weight is 285 g/mol. The summed E-state index contributed by atoms with van der Waals surface area (Å²) in [5.74, 6) is 0. The van der Waals surface area contributed by atoms with Crippen LogP contribution in [0.15, 0.2) is 60.7 Å². The molecule has 0 aliphatic carbocycles. The highest BCUT2D eigenvalue weighted by atomic mass is 16.5. The van der Waals surface area contributed by atoms with Gasteiger partial charge in [-0.2, -0.15) is 0 Å². The summed E-state index contributed by atoms with van der Waals surface area (Å²) in [7, 11) is 0. The Labute approximate surface area is 124 Å². The number of aliphatic hydroxyl groups is 1. The summed E-state index contributed by atoms with van der Waals surface area (Å²) in [4.78, 5) is 10.7. The second-order valence-electron chi connectivity index (χ2n) is 4.76. The fourth-order valence-electron chi connectivity index (χ4n) is 2.19. The Morgan fingerprint density at radius 3 is 2.24 bits per heavy atom. The molecule has 21 heavy (non-hydrogen) atoms. The number of carbonyl (C=O) groups excluding carboxylic acids is 1. The van der Waals surface area contributed by atoms with Crippen LogP contribution in [0.1, 0.15) is 17.4 Å². The first kappa shape index (κ1) is 15.2. The van der Waals surface area contributed by atoms with Gasteiger partial charge in [0.1, 0.15) is 0 Å². The second-order valence-corrected chi connectivity index (χ2v) is 4.76. The zero-order chi connectivity index (χ0) is 14.9. The van der Waals surface area contributed by atoms with Gasteiger partial charge in [0.2, 0.25) is 0 Å². The van der Waals surface area contributed by atoms with Gasteiger partial charge in [0, 0.05) is 11.6 Å². The number of hydrogen-bond acceptors (Lipinski definition) is 4. The van der Waals surface area contributed by atoms with Crippen molar-refractivity contribution in [3.05, 3.63) is 71.8 Å². The average Bonchev–Trinajstić information content (AvgIpc) is 2.55. The molecule has 110 valence electrons. The van der Waals surface area contributed by atoms with Gasteiger partial charge in [0.15, 0.2) is 6.23 Å². The SMILES string of the molecule is O=COC(N[C@H](CO)Cc1ccccc1)c1ccccc1. The van der Waals surface area contributed by atoms with Gasteiger partial charge >= 0.3 is 0 Å². The van der Waals surface area contributed by atoms with E-state index < -0.39 is 6.23 Å². The number of benzene rings is 2. The molecule has 4 heteroatoms. The third-order valence-electron chi connectivity index (χ3n) is 3.23. The fraction of sp³-hybridized carbons (Fsp3) is 0.235. The monoisotopic (exact) mass is 285 g/mol. The predicted molar refractivity (Wildman–Crippen MR) is 80.5 cm³/mol. The lowest BCUT2D eigenvalue weighted by Crippen LogP contribution is -2.38. The maximum atomic E-state index is 10.7. The molecule has 0 aromatic heterocycles. The largest absolute Gasteiger partial charge is 0.444 e. The van der Waals surface area contributed by atoms with Crippen molar-refractivity contribution in [2.45, 2.75) is 18.7 Å². The van der Waals surface area contributed by atoms with Crippen LogP contribution in [0.4, 0.5) is 0 Å². The lowest BCUT2D eigenvalue weighted by Gasteiger charge is -2.23. The molecular weight excluding hydrogens is 266 g/mol. The quantitative estimate of drug-likeness (QED) is 0.576. The smallest absolute Gasteiger partial charge is 0.294 e. The van der Waals surface area contributed by atoms with Gasteiger partial charge < -0.3 is 9.84 Å². The molecule has 0 saturated heterocycles. The van der Waals surface area contributed by atoms with Gasteiger partial charge in [-0.15, -0.1) is 0 Å². The van der Waals surface area contributed by atoms with Gasteiger partial charge in [0.25, 0.3) is 6.47 Å². The minimum atomic E-state index is -0.565. The number of ether oxygens (including phenoxy) is 1. The van der Waals surface area contributed by atoms with Crippen molar-refractivity contribution in [1.82, 2.24) is 5.32 Å². The summed E-state index contributed by atoms with van der Waals surface area (Å²) in [6, 6.07) is 19.1. The van der Waals surface area contributed by atoms with E-state index in [2.05, 4.69) is 5.32 Å². The van der Waals surface area contributed by atoms with Crippen molar-refractivity contribution in [1.29, 1.82) is 0 Å². The van der Waals surface area contributed by atoms with Crippen LogP contribution < -0.4 is 5.32 Å². The Bertz CT molecular complexity index is 530. The van der Waals surface area contributed by atoms with Gasteiger partial charge in [-0.05, 0) is 12.0 Å². The van der Waals surface area contributed by atoms with Crippen molar-refractivity contribution in [3.8, 4) is 0 Å². The molecule has 0 fully saturated rings. The molecule has 2 N–H and O–H groups in total.